The molecule has 21 heavy (non-hydrogen) atoms. The van der Waals surface area contributed by atoms with Crippen molar-refractivity contribution in [3.8, 4) is 11.5 Å². The van der Waals surface area contributed by atoms with E-state index in [2.05, 4.69) is 0 Å². The maximum atomic E-state index is 11.2. The summed E-state index contributed by atoms with van der Waals surface area (Å²) in [5.74, 6) is -0.743. The highest BCUT2D eigenvalue weighted by atomic mass is 16.6. The molecule has 0 heterocycles. The third-order valence-electron chi connectivity index (χ3n) is 2.97. The summed E-state index contributed by atoms with van der Waals surface area (Å²) in [5.41, 5.74) is 1.27. The van der Waals surface area contributed by atoms with Gasteiger partial charge in [-0.3, -0.25) is 10.1 Å². The van der Waals surface area contributed by atoms with Crippen LogP contribution in [0, 0.1) is 24.0 Å². The zero-order valence-electron chi connectivity index (χ0n) is 11.5. The number of hydrogen-bond donors (Lipinski definition) is 1. The Bertz CT molecular complexity index is 724. The Labute approximate surface area is 120 Å². The normalized spacial score (nSPS) is 10.2. The van der Waals surface area contributed by atoms with E-state index in [1.807, 2.05) is 0 Å². The average molecular weight is 287 g/mol. The van der Waals surface area contributed by atoms with Crippen LogP contribution in [0.3, 0.4) is 0 Å². The molecule has 2 aromatic carbocycles. The first kappa shape index (κ1) is 14.5. The molecule has 108 valence electrons. The van der Waals surface area contributed by atoms with Crippen molar-refractivity contribution in [2.45, 2.75) is 13.8 Å². The highest BCUT2D eigenvalue weighted by Gasteiger charge is 2.15. The van der Waals surface area contributed by atoms with Crippen molar-refractivity contribution in [3.05, 3.63) is 63.2 Å². The minimum atomic E-state index is -1.12. The topological polar surface area (TPSA) is 89.7 Å². The lowest BCUT2D eigenvalue weighted by molar-refractivity contribution is -0.385. The molecular weight excluding hydrogens is 274 g/mol. The molecule has 0 aromatic heterocycles. The lowest BCUT2D eigenvalue weighted by Crippen LogP contribution is -2.00. The predicted octanol–water partition coefficient (Wildman–Crippen LogP) is 3.70. The highest BCUT2D eigenvalue weighted by molar-refractivity contribution is 5.91. The van der Waals surface area contributed by atoms with Crippen molar-refractivity contribution in [2.24, 2.45) is 0 Å². The molecule has 0 aliphatic carbocycles. The van der Waals surface area contributed by atoms with Crippen LogP contribution in [0.5, 0.6) is 11.5 Å². The SMILES string of the molecule is Cc1ccc(C(=O)O)c(Oc2ccc(C)c([N+](=O)[O-])c2)c1. The van der Waals surface area contributed by atoms with Gasteiger partial charge in [-0.15, -0.1) is 0 Å². The van der Waals surface area contributed by atoms with E-state index in [1.54, 1.807) is 38.1 Å². The van der Waals surface area contributed by atoms with E-state index < -0.39 is 10.9 Å². The Balaban J connectivity index is 2.43. The van der Waals surface area contributed by atoms with E-state index in [9.17, 15) is 14.9 Å². The molecule has 0 amide bonds. The van der Waals surface area contributed by atoms with Gasteiger partial charge in [0.15, 0.2) is 0 Å². The van der Waals surface area contributed by atoms with Gasteiger partial charge < -0.3 is 9.84 Å². The van der Waals surface area contributed by atoms with Gasteiger partial charge in [-0.05, 0) is 43.7 Å². The van der Waals surface area contributed by atoms with Crippen LogP contribution in [0.15, 0.2) is 36.4 Å². The quantitative estimate of drug-likeness (QED) is 0.684. The average Bonchev–Trinajstić information content (AvgIpc) is 2.40. The number of ether oxygens (including phenoxy) is 1. The predicted molar refractivity (Wildman–Crippen MR) is 76.0 cm³/mol. The number of nitro groups is 1. The molecule has 0 unspecified atom stereocenters. The summed E-state index contributed by atoms with van der Waals surface area (Å²) in [6.07, 6.45) is 0. The van der Waals surface area contributed by atoms with E-state index >= 15 is 0 Å². The van der Waals surface area contributed by atoms with Gasteiger partial charge in [0.1, 0.15) is 17.1 Å². The van der Waals surface area contributed by atoms with Crippen LogP contribution in [0.2, 0.25) is 0 Å². The summed E-state index contributed by atoms with van der Waals surface area (Å²) in [7, 11) is 0. The number of aromatic carboxylic acids is 1. The first-order valence-electron chi connectivity index (χ1n) is 6.15. The minimum Gasteiger partial charge on any atom is -0.478 e. The van der Waals surface area contributed by atoms with E-state index in [4.69, 9.17) is 9.84 Å². The van der Waals surface area contributed by atoms with Crippen molar-refractivity contribution in [2.75, 3.05) is 0 Å². The van der Waals surface area contributed by atoms with Gasteiger partial charge in [0.05, 0.1) is 11.0 Å². The first-order chi connectivity index (χ1) is 9.88. The third-order valence-corrected chi connectivity index (χ3v) is 2.97. The molecule has 0 aliphatic rings. The molecule has 6 nitrogen and oxygen atoms in total. The Morgan fingerprint density at radius 2 is 1.90 bits per heavy atom. The number of nitrogens with zero attached hydrogens (tertiary/aromatic N) is 1. The molecule has 0 fully saturated rings. The molecule has 0 saturated carbocycles. The molecule has 0 radical (unpaired) electrons. The Hall–Kier alpha value is -2.89. The van der Waals surface area contributed by atoms with Crippen molar-refractivity contribution in [3.63, 3.8) is 0 Å². The molecular formula is C15H13NO5. The van der Waals surface area contributed by atoms with E-state index in [0.29, 0.717) is 5.56 Å². The molecule has 1 N–H and O–H groups in total. The summed E-state index contributed by atoms with van der Waals surface area (Å²) in [6.45, 7) is 3.42. The van der Waals surface area contributed by atoms with Crippen LogP contribution < -0.4 is 4.74 Å². The number of carbonyl (C=O) groups is 1. The zero-order valence-corrected chi connectivity index (χ0v) is 11.5. The van der Waals surface area contributed by atoms with Crippen LogP contribution in [0.25, 0.3) is 0 Å². The van der Waals surface area contributed by atoms with E-state index in [0.717, 1.165) is 5.56 Å². The second-order valence-electron chi connectivity index (χ2n) is 4.61. The Morgan fingerprint density at radius 3 is 2.52 bits per heavy atom. The van der Waals surface area contributed by atoms with Crippen molar-refractivity contribution >= 4 is 11.7 Å². The number of carboxylic acids is 1. The standard InChI is InChI=1S/C15H13NO5/c1-9-3-6-12(15(17)18)14(7-9)21-11-5-4-10(2)13(8-11)16(19)20/h3-8H,1-2H3,(H,17,18). The first-order valence-corrected chi connectivity index (χ1v) is 6.15. The second kappa shape index (κ2) is 5.62. The summed E-state index contributed by atoms with van der Waals surface area (Å²) in [4.78, 5) is 21.6. The molecule has 0 aliphatic heterocycles. The van der Waals surface area contributed by atoms with Crippen LogP contribution in [-0.2, 0) is 0 Å². The fourth-order valence-electron chi connectivity index (χ4n) is 1.87. The van der Waals surface area contributed by atoms with Gasteiger partial charge in [0, 0.05) is 5.56 Å². The highest BCUT2D eigenvalue weighted by Crippen LogP contribution is 2.30. The van der Waals surface area contributed by atoms with Gasteiger partial charge in [-0.1, -0.05) is 6.07 Å². The van der Waals surface area contributed by atoms with Gasteiger partial charge in [0.25, 0.3) is 5.69 Å². The molecule has 0 saturated heterocycles. The summed E-state index contributed by atoms with van der Waals surface area (Å²) in [6, 6.07) is 9.09. The third kappa shape index (κ3) is 3.17. The van der Waals surface area contributed by atoms with Crippen LogP contribution >= 0.6 is 0 Å². The van der Waals surface area contributed by atoms with Gasteiger partial charge in [0.2, 0.25) is 0 Å². The Kier molecular flexibility index (Phi) is 3.89. The van der Waals surface area contributed by atoms with Crippen molar-refractivity contribution in [1.29, 1.82) is 0 Å². The summed E-state index contributed by atoms with van der Waals surface area (Å²) < 4.78 is 5.51. The van der Waals surface area contributed by atoms with Gasteiger partial charge >= 0.3 is 5.97 Å². The van der Waals surface area contributed by atoms with E-state index in [-0.39, 0.29) is 22.7 Å². The van der Waals surface area contributed by atoms with Crippen molar-refractivity contribution < 1.29 is 19.6 Å². The number of rotatable bonds is 4. The Morgan fingerprint density at radius 1 is 1.19 bits per heavy atom. The fourth-order valence-corrected chi connectivity index (χ4v) is 1.87. The molecule has 0 atom stereocenters. The largest absolute Gasteiger partial charge is 0.478 e. The summed E-state index contributed by atoms with van der Waals surface area (Å²) in [5, 5.41) is 20.0. The lowest BCUT2D eigenvalue weighted by Gasteiger charge is -2.10. The molecule has 2 aromatic rings. The van der Waals surface area contributed by atoms with Crippen LogP contribution in [0.4, 0.5) is 5.69 Å². The monoisotopic (exact) mass is 287 g/mol. The van der Waals surface area contributed by atoms with Gasteiger partial charge in [-0.25, -0.2) is 4.79 Å². The lowest BCUT2D eigenvalue weighted by atomic mass is 10.1. The van der Waals surface area contributed by atoms with Crippen molar-refractivity contribution in [1.82, 2.24) is 0 Å². The number of hydrogen-bond acceptors (Lipinski definition) is 4. The molecule has 0 spiro atoms. The number of nitro benzene ring substituents is 1. The smallest absolute Gasteiger partial charge is 0.339 e. The minimum absolute atomic E-state index is 0.00354. The second-order valence-corrected chi connectivity index (χ2v) is 4.61. The van der Waals surface area contributed by atoms with Crippen LogP contribution in [-0.4, -0.2) is 16.0 Å². The number of benzene rings is 2. The fraction of sp³-hybridized carbons (Fsp3) is 0.133. The van der Waals surface area contributed by atoms with Gasteiger partial charge in [-0.2, -0.15) is 0 Å². The van der Waals surface area contributed by atoms with Crippen LogP contribution in [0.1, 0.15) is 21.5 Å². The number of carboxylic acid groups (broad SMARTS) is 1. The van der Waals surface area contributed by atoms with E-state index in [1.165, 1.54) is 12.1 Å². The summed E-state index contributed by atoms with van der Waals surface area (Å²) >= 11 is 0. The molecule has 6 heteroatoms. The number of aryl methyl sites for hydroxylation is 2. The maximum Gasteiger partial charge on any atom is 0.339 e. The molecule has 0 bridgehead atoms. The molecule has 2 rings (SSSR count). The zero-order chi connectivity index (χ0) is 15.6. The maximum absolute atomic E-state index is 11.2.